The van der Waals surface area contributed by atoms with Crippen molar-refractivity contribution in [3.05, 3.63) is 17.9 Å². The Bertz CT molecular complexity index is 70.2. The summed E-state index contributed by atoms with van der Waals surface area (Å²) >= 11 is 0. The van der Waals surface area contributed by atoms with E-state index in [1.165, 1.54) is 0 Å². The molecule has 0 bridgehead atoms. The maximum atomic E-state index is 8.15. The number of aliphatic hydroxyl groups excluding tert-OH is 1. The smallest absolute Gasteiger partial charge is 0.0686 e. The molecule has 0 aliphatic carbocycles. The van der Waals surface area contributed by atoms with Crippen LogP contribution in [0.3, 0.4) is 0 Å². The van der Waals surface area contributed by atoms with Crippen LogP contribution in [0, 0.1) is 0 Å². The highest BCUT2D eigenvalue weighted by molar-refractivity contribution is 4.82. The van der Waals surface area contributed by atoms with Gasteiger partial charge in [0.1, 0.15) is 0 Å². The molecule has 0 saturated heterocycles. The Morgan fingerprint density at radius 2 is 2.29 bits per heavy atom. The van der Waals surface area contributed by atoms with Gasteiger partial charge >= 0.3 is 0 Å². The second-order valence-electron chi connectivity index (χ2n) is 1.17. The molecule has 0 aromatic carbocycles. The minimum absolute atomic E-state index is 0.0938. The number of hydrogen-bond acceptors (Lipinski definition) is 1. The third kappa shape index (κ3) is 5.48. The molecule has 0 aromatic heterocycles. The second-order valence-corrected chi connectivity index (χ2v) is 1.17. The summed E-state index contributed by atoms with van der Waals surface area (Å²) in [6, 6.07) is 0. The van der Waals surface area contributed by atoms with Gasteiger partial charge in [-0.3, -0.25) is 0 Å². The van der Waals surface area contributed by atoms with Gasteiger partial charge in [-0.2, -0.15) is 0 Å². The third-order valence-electron chi connectivity index (χ3n) is 0.531. The van der Waals surface area contributed by atoms with Crippen LogP contribution in [0.15, 0.2) is 17.9 Å². The van der Waals surface area contributed by atoms with E-state index in [0.29, 0.717) is 0 Å². The molecular formula is C6H10O. The number of hydrogen-bond donors (Lipinski definition) is 1. The molecule has 0 aliphatic rings. The van der Waals surface area contributed by atoms with E-state index in [-0.39, 0.29) is 6.61 Å². The first-order valence-corrected chi connectivity index (χ1v) is 2.42. The topological polar surface area (TPSA) is 20.2 Å². The van der Waals surface area contributed by atoms with E-state index in [9.17, 15) is 0 Å². The van der Waals surface area contributed by atoms with Crippen LogP contribution in [-0.4, -0.2) is 11.7 Å². The molecule has 0 unspecified atom stereocenters. The number of rotatable bonds is 2. The van der Waals surface area contributed by atoms with Gasteiger partial charge in [0.15, 0.2) is 0 Å². The van der Waals surface area contributed by atoms with Crippen molar-refractivity contribution in [3.63, 3.8) is 0 Å². The Kier molecular flexibility index (Phi) is 5.07. The van der Waals surface area contributed by atoms with Crippen LogP contribution in [0.1, 0.15) is 13.3 Å². The van der Waals surface area contributed by atoms with Gasteiger partial charge < -0.3 is 5.11 Å². The largest absolute Gasteiger partial charge is 0.392 e. The first kappa shape index (κ1) is 6.48. The summed E-state index contributed by atoms with van der Waals surface area (Å²) in [4.78, 5) is 0. The minimum Gasteiger partial charge on any atom is -0.392 e. The van der Waals surface area contributed by atoms with Crippen molar-refractivity contribution in [2.75, 3.05) is 6.61 Å². The normalized spacial score (nSPS) is 7.14. The molecule has 0 aromatic rings. The zero-order valence-electron chi connectivity index (χ0n) is 4.52. The SMILES string of the molecule is CCC=C=CCO. The fraction of sp³-hybridized carbons (Fsp3) is 0.500. The Morgan fingerprint density at radius 1 is 1.57 bits per heavy atom. The van der Waals surface area contributed by atoms with Crippen molar-refractivity contribution in [2.45, 2.75) is 13.3 Å². The highest BCUT2D eigenvalue weighted by Gasteiger charge is 1.57. The van der Waals surface area contributed by atoms with Gasteiger partial charge in [0.25, 0.3) is 0 Å². The summed E-state index contributed by atoms with van der Waals surface area (Å²) in [6.07, 6.45) is 4.44. The standard InChI is InChI=1S/C6H10O/c1-2-3-4-5-6-7/h3,5,7H,2,6H2,1H3. The molecule has 0 aliphatic heterocycles. The fourth-order valence-corrected chi connectivity index (χ4v) is 0.254. The fourth-order valence-electron chi connectivity index (χ4n) is 0.254. The van der Waals surface area contributed by atoms with Crippen LogP contribution in [0.2, 0.25) is 0 Å². The highest BCUT2D eigenvalue weighted by atomic mass is 16.2. The predicted molar refractivity (Wildman–Crippen MR) is 30.0 cm³/mol. The van der Waals surface area contributed by atoms with Gasteiger partial charge in [-0.05, 0) is 18.6 Å². The molecule has 0 spiro atoms. The third-order valence-corrected chi connectivity index (χ3v) is 0.531. The Balaban J connectivity index is 3.21. The molecule has 0 amide bonds. The van der Waals surface area contributed by atoms with Crippen molar-refractivity contribution < 1.29 is 5.11 Å². The maximum Gasteiger partial charge on any atom is 0.0686 e. The average molecular weight is 98.1 g/mol. The first-order valence-electron chi connectivity index (χ1n) is 2.42. The molecule has 7 heavy (non-hydrogen) atoms. The summed E-state index contributed by atoms with van der Waals surface area (Å²) in [5.74, 6) is 0. The van der Waals surface area contributed by atoms with Crippen LogP contribution in [0.25, 0.3) is 0 Å². The summed E-state index contributed by atoms with van der Waals surface area (Å²) in [6.45, 7) is 2.12. The molecule has 1 nitrogen and oxygen atoms in total. The Labute approximate surface area is 44.0 Å². The lowest BCUT2D eigenvalue weighted by molar-refractivity contribution is 0.343. The van der Waals surface area contributed by atoms with Gasteiger partial charge in [-0.1, -0.05) is 6.92 Å². The van der Waals surface area contributed by atoms with Crippen molar-refractivity contribution in [1.82, 2.24) is 0 Å². The summed E-state index contributed by atoms with van der Waals surface area (Å²) < 4.78 is 0. The summed E-state index contributed by atoms with van der Waals surface area (Å²) in [5, 5.41) is 8.15. The van der Waals surface area contributed by atoms with Gasteiger partial charge in [-0.25, -0.2) is 0 Å². The average Bonchev–Trinajstić information content (AvgIpc) is 1.69. The van der Waals surface area contributed by atoms with E-state index in [1.807, 2.05) is 13.0 Å². The zero-order chi connectivity index (χ0) is 5.54. The molecule has 1 heteroatoms. The second kappa shape index (κ2) is 5.48. The Hall–Kier alpha value is -0.520. The van der Waals surface area contributed by atoms with Crippen molar-refractivity contribution >= 4 is 0 Å². The lowest BCUT2D eigenvalue weighted by Gasteiger charge is -1.68. The molecule has 0 heterocycles. The van der Waals surface area contributed by atoms with Gasteiger partial charge in [0, 0.05) is 0 Å². The lowest BCUT2D eigenvalue weighted by Crippen LogP contribution is -1.65. The molecular weight excluding hydrogens is 88.1 g/mol. The van der Waals surface area contributed by atoms with Crippen LogP contribution in [0.4, 0.5) is 0 Å². The van der Waals surface area contributed by atoms with E-state index in [2.05, 4.69) is 5.73 Å². The summed E-state index contributed by atoms with van der Waals surface area (Å²) in [7, 11) is 0. The van der Waals surface area contributed by atoms with E-state index >= 15 is 0 Å². The van der Waals surface area contributed by atoms with E-state index in [1.54, 1.807) is 6.08 Å². The van der Waals surface area contributed by atoms with Crippen LogP contribution >= 0.6 is 0 Å². The minimum atomic E-state index is 0.0938. The monoisotopic (exact) mass is 98.1 g/mol. The van der Waals surface area contributed by atoms with Crippen LogP contribution < -0.4 is 0 Å². The molecule has 0 rings (SSSR count). The molecule has 0 fully saturated rings. The van der Waals surface area contributed by atoms with Crippen molar-refractivity contribution in [3.8, 4) is 0 Å². The van der Waals surface area contributed by atoms with E-state index < -0.39 is 0 Å². The van der Waals surface area contributed by atoms with Crippen molar-refractivity contribution in [1.29, 1.82) is 0 Å². The molecule has 40 valence electrons. The first-order chi connectivity index (χ1) is 3.41. The Morgan fingerprint density at radius 3 is 2.71 bits per heavy atom. The van der Waals surface area contributed by atoms with Crippen LogP contribution in [0.5, 0.6) is 0 Å². The molecule has 0 radical (unpaired) electrons. The number of aliphatic hydroxyl groups is 1. The van der Waals surface area contributed by atoms with E-state index in [0.717, 1.165) is 6.42 Å². The van der Waals surface area contributed by atoms with Crippen LogP contribution in [-0.2, 0) is 0 Å². The van der Waals surface area contributed by atoms with Crippen molar-refractivity contribution in [2.24, 2.45) is 0 Å². The lowest BCUT2D eigenvalue weighted by atomic mass is 10.4. The molecule has 1 N–H and O–H groups in total. The summed E-state index contributed by atoms with van der Waals surface area (Å²) in [5.41, 5.74) is 2.78. The predicted octanol–water partition coefficient (Wildman–Crippen LogP) is 1.10. The molecule has 0 atom stereocenters. The van der Waals surface area contributed by atoms with Gasteiger partial charge in [0.05, 0.1) is 6.61 Å². The van der Waals surface area contributed by atoms with Gasteiger partial charge in [-0.15, -0.1) is 5.73 Å². The molecule has 0 saturated carbocycles. The highest BCUT2D eigenvalue weighted by Crippen LogP contribution is 1.72. The quantitative estimate of drug-likeness (QED) is 0.513. The maximum absolute atomic E-state index is 8.15. The van der Waals surface area contributed by atoms with Gasteiger partial charge in [0.2, 0.25) is 0 Å². The van der Waals surface area contributed by atoms with E-state index in [4.69, 9.17) is 5.11 Å². The zero-order valence-corrected chi connectivity index (χ0v) is 4.52.